The number of rotatable bonds is 6. The number of imidazole rings is 1. The highest BCUT2D eigenvalue weighted by Crippen LogP contribution is 2.27. The van der Waals surface area contributed by atoms with Crippen molar-refractivity contribution in [3.05, 3.63) is 41.2 Å². The minimum atomic E-state index is 0.0168. The molecule has 0 aliphatic carbocycles. The van der Waals surface area contributed by atoms with E-state index in [9.17, 15) is 4.79 Å². The molecule has 26 heavy (non-hydrogen) atoms. The van der Waals surface area contributed by atoms with Crippen molar-refractivity contribution in [3.8, 4) is 5.75 Å². The summed E-state index contributed by atoms with van der Waals surface area (Å²) in [5, 5.41) is 4.61. The molecule has 0 radical (unpaired) electrons. The van der Waals surface area contributed by atoms with Crippen LogP contribution in [0.2, 0.25) is 5.02 Å². The largest absolute Gasteiger partial charge is 0.489 e. The fourth-order valence-corrected chi connectivity index (χ4v) is 3.89. The third-order valence-electron chi connectivity index (χ3n) is 4.06. The van der Waals surface area contributed by atoms with Crippen molar-refractivity contribution >= 4 is 29.3 Å². The van der Waals surface area contributed by atoms with Crippen LogP contribution in [0.5, 0.6) is 5.75 Å². The summed E-state index contributed by atoms with van der Waals surface area (Å²) in [7, 11) is 1.96. The van der Waals surface area contributed by atoms with Crippen LogP contribution in [0.15, 0.2) is 35.7 Å². The lowest BCUT2D eigenvalue weighted by Crippen LogP contribution is -2.40. The quantitative estimate of drug-likeness (QED) is 0.602. The van der Waals surface area contributed by atoms with Gasteiger partial charge < -0.3 is 14.6 Å². The molecule has 0 bridgehead atoms. The van der Waals surface area contributed by atoms with Gasteiger partial charge in [-0.1, -0.05) is 23.4 Å². The Balaban J connectivity index is 1.48. The number of halogens is 1. The predicted molar refractivity (Wildman–Crippen MR) is 104 cm³/mol. The van der Waals surface area contributed by atoms with E-state index >= 15 is 0 Å². The first-order valence-electron chi connectivity index (χ1n) is 8.55. The van der Waals surface area contributed by atoms with Crippen molar-refractivity contribution in [2.45, 2.75) is 24.7 Å². The number of aromatic nitrogens is 2. The topological polar surface area (TPSA) is 59.4 Å². The van der Waals surface area contributed by atoms with Gasteiger partial charge in [0, 0.05) is 55.4 Å². The van der Waals surface area contributed by atoms with E-state index < -0.39 is 0 Å². The van der Waals surface area contributed by atoms with Crippen LogP contribution >= 0.6 is 23.4 Å². The number of hydrogen-bond donors (Lipinski definition) is 1. The zero-order valence-corrected chi connectivity index (χ0v) is 16.5. The first-order valence-corrected chi connectivity index (χ1v) is 9.92. The highest BCUT2D eigenvalue weighted by Gasteiger charge is 2.22. The number of amides is 1. The number of carbonyl (C=O) groups excluding carboxylic acids is 1. The summed E-state index contributed by atoms with van der Waals surface area (Å²) in [6.45, 7) is 4.31. The Labute approximate surface area is 162 Å². The summed E-state index contributed by atoms with van der Waals surface area (Å²) in [4.78, 5) is 18.6. The fourth-order valence-electron chi connectivity index (χ4n) is 2.91. The van der Waals surface area contributed by atoms with E-state index in [1.165, 1.54) is 0 Å². The molecule has 3 rings (SSSR count). The number of carbonyl (C=O) groups is 1. The molecule has 6 nitrogen and oxygen atoms in total. The molecule has 0 fully saturated rings. The maximum atomic E-state index is 12.3. The molecule has 1 aliphatic heterocycles. The smallest absolute Gasteiger partial charge is 0.234 e. The molecule has 8 heteroatoms. The van der Waals surface area contributed by atoms with Gasteiger partial charge in [-0.15, -0.1) is 0 Å². The maximum absolute atomic E-state index is 12.3. The Hall–Kier alpha value is -1.70. The number of fused-ring (bicyclic) bond motifs is 1. The van der Waals surface area contributed by atoms with Crippen molar-refractivity contribution in [2.24, 2.45) is 7.05 Å². The molecular weight excluding hydrogens is 372 g/mol. The van der Waals surface area contributed by atoms with E-state index in [1.807, 2.05) is 42.9 Å². The van der Waals surface area contributed by atoms with E-state index in [0.29, 0.717) is 31.2 Å². The minimum Gasteiger partial charge on any atom is -0.489 e. The van der Waals surface area contributed by atoms with Crippen molar-refractivity contribution in [1.82, 2.24) is 19.8 Å². The van der Waals surface area contributed by atoms with Gasteiger partial charge in [-0.05, 0) is 25.1 Å². The van der Waals surface area contributed by atoms with Crippen LogP contribution in [-0.2, 0) is 18.4 Å². The molecule has 0 saturated heterocycles. The number of hydrogen-bond acceptors (Lipinski definition) is 5. The molecule has 140 valence electrons. The minimum absolute atomic E-state index is 0.0168. The third kappa shape index (κ3) is 5.16. The zero-order valence-electron chi connectivity index (χ0n) is 14.9. The van der Waals surface area contributed by atoms with Crippen molar-refractivity contribution in [3.63, 3.8) is 0 Å². The Morgan fingerprint density at radius 3 is 3.12 bits per heavy atom. The summed E-state index contributed by atoms with van der Waals surface area (Å²) >= 11 is 7.72. The molecular formula is C18H23ClN4O2S. The molecule has 1 aromatic heterocycles. The summed E-state index contributed by atoms with van der Waals surface area (Å²) in [5.41, 5.74) is 1.01. The Kier molecular flexibility index (Phi) is 6.45. The number of nitrogens with zero attached hydrogens (tertiary/aromatic N) is 3. The monoisotopic (exact) mass is 394 g/mol. The van der Waals surface area contributed by atoms with Gasteiger partial charge in [0.25, 0.3) is 0 Å². The van der Waals surface area contributed by atoms with Crippen molar-refractivity contribution < 1.29 is 9.53 Å². The molecule has 0 spiro atoms. The van der Waals surface area contributed by atoms with E-state index in [1.54, 1.807) is 18.0 Å². The van der Waals surface area contributed by atoms with E-state index in [-0.39, 0.29) is 12.0 Å². The van der Waals surface area contributed by atoms with Gasteiger partial charge in [0.2, 0.25) is 5.91 Å². The lowest BCUT2D eigenvalue weighted by Gasteiger charge is -2.21. The molecule has 2 aromatic rings. The molecule has 1 amide bonds. The normalized spacial score (nSPS) is 17.3. The molecule has 2 heterocycles. The SMILES string of the molecule is CC1CN(CC(=O)NCCSc2nccn2C)Cc2cc(Cl)ccc2O1. The summed E-state index contributed by atoms with van der Waals surface area (Å²) in [6.07, 6.45) is 3.70. The lowest BCUT2D eigenvalue weighted by molar-refractivity contribution is -0.122. The van der Waals surface area contributed by atoms with Gasteiger partial charge in [0.1, 0.15) is 11.9 Å². The second kappa shape index (κ2) is 8.79. The van der Waals surface area contributed by atoms with Crippen LogP contribution in [-0.4, -0.2) is 51.8 Å². The van der Waals surface area contributed by atoms with Gasteiger partial charge in [0.15, 0.2) is 5.16 Å². The molecule has 1 aromatic carbocycles. The predicted octanol–water partition coefficient (Wildman–Crippen LogP) is 2.56. The molecule has 1 unspecified atom stereocenters. The summed E-state index contributed by atoms with van der Waals surface area (Å²) in [6, 6.07) is 5.63. The van der Waals surface area contributed by atoms with Gasteiger partial charge in [-0.25, -0.2) is 4.98 Å². The number of nitrogens with one attached hydrogen (secondary N) is 1. The molecule has 0 saturated carbocycles. The van der Waals surface area contributed by atoms with Crippen molar-refractivity contribution in [1.29, 1.82) is 0 Å². The highest BCUT2D eigenvalue weighted by atomic mass is 35.5. The number of ether oxygens (including phenoxy) is 1. The van der Waals surface area contributed by atoms with Crippen LogP contribution < -0.4 is 10.1 Å². The van der Waals surface area contributed by atoms with E-state index in [4.69, 9.17) is 16.3 Å². The standard InChI is InChI=1S/C18H23ClN4O2S/c1-13-10-23(11-14-9-15(19)3-4-16(14)25-13)12-17(24)20-6-8-26-18-21-5-7-22(18)2/h3-5,7,9,13H,6,8,10-12H2,1-2H3,(H,20,24). The van der Waals surface area contributed by atoms with Crippen LogP contribution in [0.1, 0.15) is 12.5 Å². The number of benzene rings is 1. The first-order chi connectivity index (χ1) is 12.5. The lowest BCUT2D eigenvalue weighted by atomic mass is 10.2. The molecule has 1 atom stereocenters. The Morgan fingerprint density at radius 1 is 1.50 bits per heavy atom. The number of aryl methyl sites for hydroxylation is 1. The van der Waals surface area contributed by atoms with Crippen LogP contribution in [0, 0.1) is 0 Å². The Bertz CT molecular complexity index is 767. The van der Waals surface area contributed by atoms with Crippen LogP contribution in [0.25, 0.3) is 0 Å². The van der Waals surface area contributed by atoms with E-state index in [0.717, 1.165) is 22.2 Å². The fraction of sp³-hybridized carbons (Fsp3) is 0.444. The number of thioether (sulfide) groups is 1. The van der Waals surface area contributed by atoms with Gasteiger partial charge in [-0.3, -0.25) is 9.69 Å². The van der Waals surface area contributed by atoms with Gasteiger partial charge >= 0.3 is 0 Å². The first kappa shape index (κ1) is 19.1. The van der Waals surface area contributed by atoms with Crippen LogP contribution in [0.4, 0.5) is 0 Å². The van der Waals surface area contributed by atoms with Crippen molar-refractivity contribution in [2.75, 3.05) is 25.4 Å². The zero-order chi connectivity index (χ0) is 18.5. The summed E-state index contributed by atoms with van der Waals surface area (Å²) < 4.78 is 7.90. The van der Waals surface area contributed by atoms with E-state index in [2.05, 4.69) is 15.2 Å². The second-order valence-corrected chi connectivity index (χ2v) is 7.87. The van der Waals surface area contributed by atoms with Crippen LogP contribution in [0.3, 0.4) is 0 Å². The van der Waals surface area contributed by atoms with Gasteiger partial charge in [-0.2, -0.15) is 0 Å². The third-order valence-corrected chi connectivity index (χ3v) is 5.35. The molecule has 1 N–H and O–H groups in total. The highest BCUT2D eigenvalue weighted by molar-refractivity contribution is 7.99. The maximum Gasteiger partial charge on any atom is 0.234 e. The van der Waals surface area contributed by atoms with Gasteiger partial charge in [0.05, 0.1) is 6.54 Å². The summed E-state index contributed by atoms with van der Waals surface area (Å²) in [5.74, 6) is 1.65. The average molecular weight is 395 g/mol. The Morgan fingerprint density at radius 2 is 2.35 bits per heavy atom. The average Bonchev–Trinajstić information content (AvgIpc) is 2.91. The molecule has 1 aliphatic rings. The second-order valence-electron chi connectivity index (χ2n) is 6.37.